The smallest absolute Gasteiger partial charge is 0.225 e. The number of hydrogen-bond donors (Lipinski definition) is 4. The van der Waals surface area contributed by atoms with Crippen molar-refractivity contribution in [3.05, 3.63) is 0 Å². The number of carbonyl (C=O) groups is 2. The van der Waals surface area contributed by atoms with Crippen LogP contribution in [-0.4, -0.2) is 123 Å². The monoisotopic (exact) mass is 735 g/mol. The highest BCUT2D eigenvalue weighted by atomic mass is 32.2. The van der Waals surface area contributed by atoms with Gasteiger partial charge in [-0.3, -0.25) is 9.59 Å². The van der Waals surface area contributed by atoms with Crippen molar-refractivity contribution in [3.8, 4) is 0 Å². The first-order valence-electron chi connectivity index (χ1n) is 18.6. The van der Waals surface area contributed by atoms with Gasteiger partial charge in [0.05, 0.1) is 29.3 Å². The van der Waals surface area contributed by atoms with Gasteiger partial charge in [0.1, 0.15) is 0 Å². The SMILES string of the molecule is CCCN(CCC)C(=O)C1CC(C(=O)NC(CC2CCC(O)CC2)C(O)CN(C)NS(=O)(=O)CC2CCCCC2)CC(S(=O)(=O)N(C)C)C1. The van der Waals surface area contributed by atoms with Gasteiger partial charge < -0.3 is 20.4 Å². The number of carbonyl (C=O) groups excluding carboxylic acids is 2. The predicted molar refractivity (Wildman–Crippen MR) is 191 cm³/mol. The zero-order valence-electron chi connectivity index (χ0n) is 30.6. The first kappa shape index (κ1) is 42.1. The Morgan fingerprint density at radius 2 is 1.41 bits per heavy atom. The molecular formula is C34H65N5O8S2. The summed E-state index contributed by atoms with van der Waals surface area (Å²) in [4.78, 5) is 32.1. The summed E-state index contributed by atoms with van der Waals surface area (Å²) in [5, 5.41) is 25.1. The molecule has 0 heterocycles. The number of aliphatic hydroxyl groups excluding tert-OH is 2. The molecular weight excluding hydrogens is 671 g/mol. The van der Waals surface area contributed by atoms with Gasteiger partial charge in [0, 0.05) is 52.6 Å². The summed E-state index contributed by atoms with van der Waals surface area (Å²) < 4.78 is 53.8. The maximum atomic E-state index is 14.1. The van der Waals surface area contributed by atoms with Gasteiger partial charge in [-0.2, -0.15) is 0 Å². The Morgan fingerprint density at radius 1 is 0.816 bits per heavy atom. The summed E-state index contributed by atoms with van der Waals surface area (Å²) in [5.41, 5.74) is 0. The zero-order chi connectivity index (χ0) is 36.4. The van der Waals surface area contributed by atoms with Gasteiger partial charge in [-0.15, -0.1) is 4.83 Å². The number of rotatable bonds is 18. The average Bonchev–Trinajstić information content (AvgIpc) is 3.04. The molecule has 49 heavy (non-hydrogen) atoms. The molecule has 0 radical (unpaired) electrons. The molecule has 0 bridgehead atoms. The highest BCUT2D eigenvalue weighted by Gasteiger charge is 2.44. The normalized spacial score (nSPS) is 27.2. The van der Waals surface area contributed by atoms with Gasteiger partial charge in [0.15, 0.2) is 0 Å². The van der Waals surface area contributed by atoms with E-state index in [4.69, 9.17) is 0 Å². The van der Waals surface area contributed by atoms with Crippen molar-refractivity contribution in [1.82, 2.24) is 24.4 Å². The molecule has 3 aliphatic carbocycles. The number of sulfonamides is 2. The third-order valence-corrected chi connectivity index (χ3v) is 14.5. The van der Waals surface area contributed by atoms with Gasteiger partial charge >= 0.3 is 0 Å². The molecule has 13 nitrogen and oxygen atoms in total. The number of nitrogens with one attached hydrogen (secondary N) is 2. The molecule has 4 N–H and O–H groups in total. The van der Waals surface area contributed by atoms with E-state index in [0.717, 1.165) is 62.1 Å². The summed E-state index contributed by atoms with van der Waals surface area (Å²) in [6.45, 7) is 5.03. The summed E-state index contributed by atoms with van der Waals surface area (Å²) in [5.74, 6) is -1.65. The quantitative estimate of drug-likeness (QED) is 0.154. The van der Waals surface area contributed by atoms with Crippen LogP contribution < -0.4 is 10.1 Å². The predicted octanol–water partition coefficient (Wildman–Crippen LogP) is 2.44. The molecule has 0 spiro atoms. The van der Waals surface area contributed by atoms with Crippen LogP contribution in [0.2, 0.25) is 0 Å². The third kappa shape index (κ3) is 13.0. The van der Waals surface area contributed by atoms with Crippen LogP contribution in [0.3, 0.4) is 0 Å². The lowest BCUT2D eigenvalue weighted by molar-refractivity contribution is -0.138. The second kappa shape index (κ2) is 19.5. The van der Waals surface area contributed by atoms with Crippen LogP contribution in [-0.2, 0) is 29.6 Å². The van der Waals surface area contributed by atoms with E-state index in [9.17, 15) is 36.6 Å². The van der Waals surface area contributed by atoms with Crippen LogP contribution in [0, 0.1) is 23.7 Å². The van der Waals surface area contributed by atoms with Crippen LogP contribution in [0.4, 0.5) is 0 Å². The highest BCUT2D eigenvalue weighted by molar-refractivity contribution is 7.89. The lowest BCUT2D eigenvalue weighted by Gasteiger charge is -2.38. The molecule has 3 saturated carbocycles. The largest absolute Gasteiger partial charge is 0.393 e. The lowest BCUT2D eigenvalue weighted by atomic mass is 9.79. The Morgan fingerprint density at radius 3 is 1.98 bits per heavy atom. The van der Waals surface area contributed by atoms with Crippen LogP contribution in [0.25, 0.3) is 0 Å². The second-order valence-electron chi connectivity index (χ2n) is 15.2. The summed E-state index contributed by atoms with van der Waals surface area (Å²) >= 11 is 0. The molecule has 0 saturated heterocycles. The van der Waals surface area contributed by atoms with Crippen molar-refractivity contribution in [1.29, 1.82) is 0 Å². The summed E-state index contributed by atoms with van der Waals surface area (Å²) in [7, 11) is -2.91. The summed E-state index contributed by atoms with van der Waals surface area (Å²) in [6, 6.07) is -0.741. The number of hydrazine groups is 1. The highest BCUT2D eigenvalue weighted by Crippen LogP contribution is 2.36. The minimum Gasteiger partial charge on any atom is -0.393 e. The van der Waals surface area contributed by atoms with E-state index in [0.29, 0.717) is 32.4 Å². The van der Waals surface area contributed by atoms with Crippen LogP contribution in [0.1, 0.15) is 110 Å². The van der Waals surface area contributed by atoms with E-state index < -0.39 is 55.2 Å². The maximum Gasteiger partial charge on any atom is 0.225 e. The van der Waals surface area contributed by atoms with Crippen LogP contribution in [0.15, 0.2) is 0 Å². The molecule has 5 unspecified atom stereocenters. The number of hydrogen-bond acceptors (Lipinski definition) is 9. The first-order valence-corrected chi connectivity index (χ1v) is 21.8. The van der Waals surface area contributed by atoms with Crippen molar-refractivity contribution in [2.24, 2.45) is 23.7 Å². The van der Waals surface area contributed by atoms with Crippen LogP contribution in [0.5, 0.6) is 0 Å². The average molecular weight is 736 g/mol. The topological polar surface area (TPSA) is 177 Å². The standard InChI is InChI=1S/C34H65N5O8S2/c1-6-17-39(18-7-2)34(43)28-20-27(21-30(22-28)49(46,47)37(3)4)33(42)35-31(19-25-13-15-29(40)16-14-25)32(41)23-38(5)36-48(44,45)24-26-11-9-8-10-12-26/h25-32,36,40-41H,6-24H2,1-5H3,(H,35,42). The third-order valence-electron chi connectivity index (χ3n) is 10.7. The van der Waals surface area contributed by atoms with Gasteiger partial charge in [-0.05, 0) is 88.9 Å². The molecule has 0 aliphatic heterocycles. The molecule has 15 heteroatoms. The molecule has 3 fully saturated rings. The van der Waals surface area contributed by atoms with Gasteiger partial charge in [0.25, 0.3) is 0 Å². The van der Waals surface area contributed by atoms with Crippen molar-refractivity contribution < 1.29 is 36.6 Å². The molecule has 0 aromatic heterocycles. The van der Waals surface area contributed by atoms with E-state index in [1.807, 2.05) is 13.8 Å². The van der Waals surface area contributed by atoms with Crippen molar-refractivity contribution in [2.45, 2.75) is 134 Å². The molecule has 286 valence electrons. The van der Waals surface area contributed by atoms with E-state index in [2.05, 4.69) is 10.1 Å². The number of nitrogens with zero attached hydrogens (tertiary/aromatic N) is 3. The fourth-order valence-electron chi connectivity index (χ4n) is 8.09. The van der Waals surface area contributed by atoms with Gasteiger partial charge in [0.2, 0.25) is 31.9 Å². The number of aliphatic hydroxyl groups is 2. The fourth-order valence-corrected chi connectivity index (χ4v) is 11.2. The van der Waals surface area contributed by atoms with E-state index in [-0.39, 0.29) is 55.4 Å². The molecule has 0 aromatic carbocycles. The number of likely N-dealkylation sites (N-methyl/N-ethyl adjacent to an activating group) is 1. The van der Waals surface area contributed by atoms with Crippen LogP contribution >= 0.6 is 0 Å². The lowest BCUT2D eigenvalue weighted by Crippen LogP contribution is -2.54. The van der Waals surface area contributed by atoms with Gasteiger partial charge in [-0.25, -0.2) is 26.1 Å². The van der Waals surface area contributed by atoms with E-state index >= 15 is 0 Å². The molecule has 3 aliphatic rings. The second-order valence-corrected chi connectivity index (χ2v) is 19.4. The van der Waals surface area contributed by atoms with Crippen molar-refractivity contribution in [2.75, 3.05) is 46.5 Å². The Bertz CT molecular complexity index is 1250. The Hall–Kier alpha value is -1.36. The molecule has 2 amide bonds. The van der Waals surface area contributed by atoms with Gasteiger partial charge in [-0.1, -0.05) is 33.1 Å². The van der Waals surface area contributed by atoms with Crippen molar-refractivity contribution >= 4 is 31.9 Å². The molecule has 0 aromatic rings. The van der Waals surface area contributed by atoms with E-state index in [1.54, 1.807) is 11.9 Å². The molecule has 3 rings (SSSR count). The Labute approximate surface area is 296 Å². The van der Waals surface area contributed by atoms with E-state index in [1.165, 1.54) is 19.1 Å². The Kier molecular flexibility index (Phi) is 16.7. The van der Waals surface area contributed by atoms with Crippen molar-refractivity contribution in [3.63, 3.8) is 0 Å². The minimum absolute atomic E-state index is 0.0323. The Balaban J connectivity index is 1.78. The number of amides is 2. The summed E-state index contributed by atoms with van der Waals surface area (Å²) in [6.07, 6.45) is 8.58. The zero-order valence-corrected chi connectivity index (χ0v) is 32.2. The first-order chi connectivity index (χ1) is 23.1. The minimum atomic E-state index is -3.76. The maximum absolute atomic E-state index is 14.1. The molecule has 5 atom stereocenters. The fraction of sp³-hybridized carbons (Fsp3) is 0.941.